The molecule has 1 aliphatic heterocycles. The predicted octanol–water partition coefficient (Wildman–Crippen LogP) is 0.261. The van der Waals surface area contributed by atoms with Crippen LogP contribution < -0.4 is 5.32 Å². The maximum absolute atomic E-state index is 10.3. The van der Waals surface area contributed by atoms with Crippen LogP contribution in [0.2, 0.25) is 0 Å². The van der Waals surface area contributed by atoms with Gasteiger partial charge >= 0.3 is 0 Å². The molecule has 1 aliphatic rings. The molecule has 0 spiro atoms. The Labute approximate surface area is 59.8 Å². The van der Waals surface area contributed by atoms with Crippen molar-refractivity contribution in [2.75, 3.05) is 13.1 Å². The van der Waals surface area contributed by atoms with Crippen molar-refractivity contribution in [1.29, 1.82) is 0 Å². The molecule has 0 unspecified atom stereocenters. The monoisotopic (exact) mass is 144 g/mol. The van der Waals surface area contributed by atoms with Gasteiger partial charge in [-0.05, 0) is 13.0 Å². The number of hydrogen-bond acceptors (Lipinski definition) is 3. The lowest BCUT2D eigenvalue weighted by atomic mass is 9.96. The summed E-state index contributed by atoms with van der Waals surface area (Å²) in [6.45, 7) is 3.40. The van der Waals surface area contributed by atoms with Gasteiger partial charge in [0.1, 0.15) is 0 Å². The maximum atomic E-state index is 10.3. The second-order valence-corrected chi connectivity index (χ2v) is 2.82. The van der Waals surface area contributed by atoms with Crippen LogP contribution in [0.5, 0.6) is 0 Å². The molecule has 58 valence electrons. The average Bonchev–Trinajstić information content (AvgIpc) is 1.88. The molecular formula is C6H12N2O2. The van der Waals surface area contributed by atoms with E-state index in [0.717, 1.165) is 13.0 Å². The van der Waals surface area contributed by atoms with Crippen LogP contribution in [0.1, 0.15) is 13.3 Å². The predicted molar refractivity (Wildman–Crippen MR) is 37.4 cm³/mol. The zero-order valence-corrected chi connectivity index (χ0v) is 6.04. The summed E-state index contributed by atoms with van der Waals surface area (Å²) >= 11 is 0. The lowest BCUT2D eigenvalue weighted by Crippen LogP contribution is -2.43. The van der Waals surface area contributed by atoms with Gasteiger partial charge in [0.05, 0.1) is 6.54 Å². The molecule has 1 saturated heterocycles. The lowest BCUT2D eigenvalue weighted by Gasteiger charge is -2.22. The Hall–Kier alpha value is -0.640. The molecule has 0 aromatic heterocycles. The molecule has 0 aromatic carbocycles. The van der Waals surface area contributed by atoms with Crippen LogP contribution in [0.15, 0.2) is 0 Å². The van der Waals surface area contributed by atoms with Crippen LogP contribution in [0.25, 0.3) is 0 Å². The summed E-state index contributed by atoms with van der Waals surface area (Å²) in [6.07, 6.45) is 0.922. The third-order valence-corrected chi connectivity index (χ3v) is 2.06. The van der Waals surface area contributed by atoms with E-state index in [0.29, 0.717) is 6.54 Å². The fourth-order valence-electron chi connectivity index (χ4n) is 1.26. The third-order valence-electron chi connectivity index (χ3n) is 2.06. The van der Waals surface area contributed by atoms with Gasteiger partial charge in [0.15, 0.2) is 0 Å². The summed E-state index contributed by atoms with van der Waals surface area (Å²) in [5.41, 5.74) is 0. The lowest BCUT2D eigenvalue weighted by molar-refractivity contribution is -0.531. The number of rotatable bonds is 1. The minimum Gasteiger partial charge on any atom is -0.310 e. The van der Waals surface area contributed by atoms with E-state index >= 15 is 0 Å². The van der Waals surface area contributed by atoms with E-state index in [4.69, 9.17) is 0 Å². The molecule has 0 radical (unpaired) electrons. The van der Waals surface area contributed by atoms with Gasteiger partial charge in [0.2, 0.25) is 6.04 Å². The summed E-state index contributed by atoms with van der Waals surface area (Å²) in [5.74, 6) is 0.233. The first-order valence-corrected chi connectivity index (χ1v) is 3.56. The van der Waals surface area contributed by atoms with E-state index in [1.54, 1.807) is 0 Å². The van der Waals surface area contributed by atoms with Crippen molar-refractivity contribution < 1.29 is 4.92 Å². The zero-order valence-electron chi connectivity index (χ0n) is 6.04. The SMILES string of the molecule is C[C@H]1CCNC[C@@H]1[N+](=O)[O-]. The third kappa shape index (κ3) is 1.44. The van der Waals surface area contributed by atoms with Gasteiger partial charge in [0, 0.05) is 10.8 Å². The normalized spacial score (nSPS) is 33.7. The smallest absolute Gasteiger partial charge is 0.227 e. The molecule has 0 aliphatic carbocycles. The Morgan fingerprint density at radius 3 is 2.80 bits per heavy atom. The zero-order chi connectivity index (χ0) is 7.56. The summed E-state index contributed by atoms with van der Waals surface area (Å²) in [6, 6.07) is -0.367. The van der Waals surface area contributed by atoms with E-state index in [1.165, 1.54) is 0 Å². The Balaban J connectivity index is 2.47. The van der Waals surface area contributed by atoms with Gasteiger partial charge in [-0.15, -0.1) is 0 Å². The Morgan fingerprint density at radius 1 is 1.70 bits per heavy atom. The molecule has 1 fully saturated rings. The molecule has 4 nitrogen and oxygen atoms in total. The van der Waals surface area contributed by atoms with E-state index in [1.807, 2.05) is 6.92 Å². The summed E-state index contributed by atoms with van der Waals surface area (Å²) in [7, 11) is 0. The number of nitrogens with one attached hydrogen (secondary N) is 1. The second-order valence-electron chi connectivity index (χ2n) is 2.82. The first-order chi connectivity index (χ1) is 4.72. The first kappa shape index (κ1) is 7.47. The van der Waals surface area contributed by atoms with Gasteiger partial charge in [-0.3, -0.25) is 10.1 Å². The molecule has 0 saturated carbocycles. The highest BCUT2D eigenvalue weighted by molar-refractivity contribution is 4.74. The molecule has 10 heavy (non-hydrogen) atoms. The highest BCUT2D eigenvalue weighted by Gasteiger charge is 2.29. The topological polar surface area (TPSA) is 55.2 Å². The highest BCUT2D eigenvalue weighted by Crippen LogP contribution is 2.13. The molecule has 0 amide bonds. The summed E-state index contributed by atoms with van der Waals surface area (Å²) in [5, 5.41) is 13.3. The minimum absolute atomic E-state index is 0.184. The van der Waals surface area contributed by atoms with Crippen molar-refractivity contribution in [3.05, 3.63) is 10.1 Å². The molecule has 1 N–H and O–H groups in total. The van der Waals surface area contributed by atoms with Crippen LogP contribution in [-0.2, 0) is 0 Å². The van der Waals surface area contributed by atoms with Crippen LogP contribution in [0.3, 0.4) is 0 Å². The quantitative estimate of drug-likeness (QED) is 0.424. The summed E-state index contributed by atoms with van der Waals surface area (Å²) in [4.78, 5) is 10.1. The molecule has 0 aromatic rings. The number of nitrogens with zero attached hydrogens (tertiary/aromatic N) is 1. The van der Waals surface area contributed by atoms with Crippen LogP contribution in [0, 0.1) is 16.0 Å². The van der Waals surface area contributed by atoms with Crippen LogP contribution in [-0.4, -0.2) is 24.1 Å². The number of hydrogen-bond donors (Lipinski definition) is 1. The minimum atomic E-state index is -0.367. The second kappa shape index (κ2) is 2.96. The van der Waals surface area contributed by atoms with Gasteiger partial charge in [-0.25, -0.2) is 0 Å². The standard InChI is InChI=1S/C6H12N2O2/c1-5-2-3-7-4-6(5)8(9)10/h5-7H,2-4H2,1H3/t5-,6-/m0/s1. The van der Waals surface area contributed by atoms with Crippen molar-refractivity contribution >= 4 is 0 Å². The first-order valence-electron chi connectivity index (χ1n) is 3.56. The maximum Gasteiger partial charge on any atom is 0.227 e. The fourth-order valence-corrected chi connectivity index (χ4v) is 1.26. The van der Waals surface area contributed by atoms with Gasteiger partial charge in [-0.1, -0.05) is 6.92 Å². The molecule has 2 atom stereocenters. The fraction of sp³-hybridized carbons (Fsp3) is 1.00. The molecular weight excluding hydrogens is 132 g/mol. The van der Waals surface area contributed by atoms with Crippen molar-refractivity contribution in [3.8, 4) is 0 Å². The van der Waals surface area contributed by atoms with Crippen LogP contribution in [0.4, 0.5) is 0 Å². The van der Waals surface area contributed by atoms with E-state index < -0.39 is 0 Å². The van der Waals surface area contributed by atoms with Crippen molar-refractivity contribution in [2.45, 2.75) is 19.4 Å². The Morgan fingerprint density at radius 2 is 2.40 bits per heavy atom. The van der Waals surface area contributed by atoms with E-state index in [9.17, 15) is 10.1 Å². The van der Waals surface area contributed by atoms with Gasteiger partial charge in [0.25, 0.3) is 0 Å². The number of nitro groups is 1. The molecule has 1 rings (SSSR count). The van der Waals surface area contributed by atoms with Crippen molar-refractivity contribution in [1.82, 2.24) is 5.32 Å². The van der Waals surface area contributed by atoms with Crippen LogP contribution >= 0.6 is 0 Å². The van der Waals surface area contributed by atoms with E-state index in [-0.39, 0.29) is 16.9 Å². The number of piperidine rings is 1. The Bertz CT molecular complexity index is 138. The highest BCUT2D eigenvalue weighted by atomic mass is 16.6. The van der Waals surface area contributed by atoms with Crippen molar-refractivity contribution in [3.63, 3.8) is 0 Å². The van der Waals surface area contributed by atoms with E-state index in [2.05, 4.69) is 5.32 Å². The molecule has 4 heteroatoms. The van der Waals surface area contributed by atoms with Gasteiger partial charge in [-0.2, -0.15) is 0 Å². The summed E-state index contributed by atoms with van der Waals surface area (Å²) < 4.78 is 0. The van der Waals surface area contributed by atoms with Crippen molar-refractivity contribution in [2.24, 2.45) is 5.92 Å². The average molecular weight is 144 g/mol. The molecule has 1 heterocycles. The largest absolute Gasteiger partial charge is 0.310 e. The Kier molecular flexibility index (Phi) is 2.21. The van der Waals surface area contributed by atoms with Gasteiger partial charge < -0.3 is 5.32 Å². The molecule has 0 bridgehead atoms.